The topological polar surface area (TPSA) is 164 Å². The van der Waals surface area contributed by atoms with Crippen LogP contribution in [0.1, 0.15) is 48.1 Å². The Morgan fingerprint density at radius 1 is 1.10 bits per heavy atom. The molecule has 1 spiro atoms. The Balaban J connectivity index is 1.19. The van der Waals surface area contributed by atoms with Crippen LogP contribution in [0, 0.1) is 16.0 Å². The number of fused-ring (bicyclic) bond motifs is 2. The summed E-state index contributed by atoms with van der Waals surface area (Å²) < 4.78 is 8.55. The molecule has 2 N–H and O–H groups in total. The molecule has 14 heteroatoms. The Labute approximate surface area is 290 Å². The van der Waals surface area contributed by atoms with Gasteiger partial charge in [0.25, 0.3) is 11.6 Å². The average molecular weight is 697 g/mol. The molecule has 3 aromatic carbocycles. The lowest BCUT2D eigenvalue weighted by atomic mass is 9.82. The van der Waals surface area contributed by atoms with E-state index in [1.54, 1.807) is 26.7 Å². The van der Waals surface area contributed by atoms with E-state index in [1.165, 1.54) is 12.1 Å². The SMILES string of the molecule is C[C@H]1[C@H]([Si](C)(C)O)[C@@H](CCn2cc(C(CO)c3ccccc3)nn2)O[C@]12C(=O)N(Cc1ccc(N3CCC3=O)cc1)c1ccc([N+](=O)[O-])cc12. The van der Waals surface area contributed by atoms with E-state index in [0.29, 0.717) is 42.9 Å². The van der Waals surface area contributed by atoms with Gasteiger partial charge < -0.3 is 24.4 Å². The van der Waals surface area contributed by atoms with Crippen LogP contribution in [-0.4, -0.2) is 69.2 Å². The summed E-state index contributed by atoms with van der Waals surface area (Å²) >= 11 is 0. The Morgan fingerprint density at radius 3 is 2.46 bits per heavy atom. The number of carbonyl (C=O) groups excluding carboxylic acids is 2. The minimum Gasteiger partial charge on any atom is -0.432 e. The van der Waals surface area contributed by atoms with Crippen molar-refractivity contribution in [1.82, 2.24) is 15.0 Å². The number of carbonyl (C=O) groups is 2. The molecule has 13 nitrogen and oxygen atoms in total. The van der Waals surface area contributed by atoms with Crippen LogP contribution in [0.5, 0.6) is 0 Å². The predicted molar refractivity (Wildman–Crippen MR) is 187 cm³/mol. The fourth-order valence-corrected chi connectivity index (χ4v) is 10.7. The van der Waals surface area contributed by atoms with Crippen molar-refractivity contribution in [2.45, 2.75) is 69.1 Å². The average Bonchev–Trinajstić information content (AvgIpc) is 3.74. The fraction of sp³-hybridized carbons (Fsp3) is 0.389. The first-order valence-corrected chi connectivity index (χ1v) is 19.9. The first-order valence-electron chi connectivity index (χ1n) is 16.9. The minimum atomic E-state index is -2.99. The third kappa shape index (κ3) is 5.71. The summed E-state index contributed by atoms with van der Waals surface area (Å²) in [5, 5.41) is 30.7. The van der Waals surface area contributed by atoms with Crippen LogP contribution in [0.2, 0.25) is 18.6 Å². The van der Waals surface area contributed by atoms with Gasteiger partial charge >= 0.3 is 0 Å². The van der Waals surface area contributed by atoms with E-state index in [4.69, 9.17) is 4.74 Å². The zero-order chi connectivity index (χ0) is 35.4. The Morgan fingerprint density at radius 2 is 1.84 bits per heavy atom. The highest BCUT2D eigenvalue weighted by Gasteiger charge is 2.66. The summed E-state index contributed by atoms with van der Waals surface area (Å²) in [6.45, 7) is 6.68. The van der Waals surface area contributed by atoms with Crippen LogP contribution in [0.3, 0.4) is 0 Å². The molecule has 50 heavy (non-hydrogen) atoms. The summed E-state index contributed by atoms with van der Waals surface area (Å²) in [4.78, 5) is 53.2. The van der Waals surface area contributed by atoms with Crippen molar-refractivity contribution in [2.24, 2.45) is 5.92 Å². The van der Waals surface area contributed by atoms with Gasteiger partial charge in [-0.1, -0.05) is 54.6 Å². The number of β-lactam (4-membered cyclic amide) rings is 1. The Hall–Kier alpha value is -4.76. The van der Waals surface area contributed by atoms with Gasteiger partial charge in [0, 0.05) is 60.5 Å². The second-order valence-corrected chi connectivity index (χ2v) is 18.0. The standard InChI is InChI=1S/C36H40N6O7Si/c1-23-34(50(2,3)48)32(15-17-39-21-30(37-38-39)28(22-43)25-7-5-4-6-8-25)49-36(23)29-19-27(42(46)47)13-14-31(29)41(35(36)45)20-24-9-11-26(12-10-24)40-18-16-33(40)44/h4-14,19,21,23,28,32,34,43,48H,15-18,20,22H2,1-3H3/t23-,28?,32+,34-,36+/m0/s1. The van der Waals surface area contributed by atoms with Crippen LogP contribution in [0.15, 0.2) is 79.0 Å². The van der Waals surface area contributed by atoms with Crippen molar-refractivity contribution < 1.29 is 29.2 Å². The van der Waals surface area contributed by atoms with Gasteiger partial charge in [0.05, 0.1) is 41.5 Å². The molecule has 0 radical (unpaired) electrons. The smallest absolute Gasteiger partial charge is 0.269 e. The van der Waals surface area contributed by atoms with Crippen molar-refractivity contribution in [3.63, 3.8) is 0 Å². The maximum Gasteiger partial charge on any atom is 0.269 e. The van der Waals surface area contributed by atoms with Crippen molar-refractivity contribution in [2.75, 3.05) is 23.0 Å². The van der Waals surface area contributed by atoms with Crippen LogP contribution in [0.4, 0.5) is 17.1 Å². The first-order chi connectivity index (χ1) is 23.9. The molecule has 2 saturated heterocycles. The molecule has 1 aromatic heterocycles. The van der Waals surface area contributed by atoms with Gasteiger partial charge in [0.1, 0.15) is 0 Å². The fourth-order valence-electron chi connectivity index (χ4n) is 8.05. The largest absolute Gasteiger partial charge is 0.432 e. The molecule has 4 aromatic rings. The van der Waals surface area contributed by atoms with Crippen LogP contribution < -0.4 is 9.80 Å². The van der Waals surface area contributed by atoms with Crippen LogP contribution in [0.25, 0.3) is 0 Å². The Kier molecular flexibility index (Phi) is 8.66. The van der Waals surface area contributed by atoms with Crippen LogP contribution >= 0.6 is 0 Å². The molecule has 7 rings (SSSR count). The van der Waals surface area contributed by atoms with Crippen molar-refractivity contribution in [3.05, 3.63) is 111 Å². The lowest BCUT2D eigenvalue weighted by Crippen LogP contribution is -2.46. The number of nitrogens with zero attached hydrogens (tertiary/aromatic N) is 6. The molecular formula is C36H40N6O7Si. The molecule has 2 fully saturated rings. The second kappa shape index (κ2) is 12.8. The molecule has 3 aliphatic rings. The van der Waals surface area contributed by atoms with Gasteiger partial charge in [-0.2, -0.15) is 0 Å². The van der Waals surface area contributed by atoms with Gasteiger partial charge in [-0.15, -0.1) is 5.10 Å². The highest BCUT2D eigenvalue weighted by molar-refractivity contribution is 6.71. The number of hydrogen-bond donors (Lipinski definition) is 2. The van der Waals surface area contributed by atoms with Gasteiger partial charge in [-0.05, 0) is 48.8 Å². The first kappa shape index (κ1) is 33.7. The van der Waals surface area contributed by atoms with E-state index in [-0.39, 0.29) is 42.1 Å². The number of rotatable bonds is 11. The van der Waals surface area contributed by atoms with Gasteiger partial charge in [-0.3, -0.25) is 24.4 Å². The predicted octanol–water partition coefficient (Wildman–Crippen LogP) is 4.48. The number of nitro benzene ring substituents is 1. The van der Waals surface area contributed by atoms with Crippen molar-refractivity contribution in [1.29, 1.82) is 0 Å². The highest BCUT2D eigenvalue weighted by Crippen LogP contribution is 2.60. The maximum absolute atomic E-state index is 14.8. The molecule has 5 atom stereocenters. The number of aryl methyl sites for hydroxylation is 1. The number of ether oxygens (including phenoxy) is 1. The lowest BCUT2D eigenvalue weighted by Gasteiger charge is -2.32. The lowest BCUT2D eigenvalue weighted by molar-refractivity contribution is -0.385. The van der Waals surface area contributed by atoms with Gasteiger partial charge in [0.15, 0.2) is 13.9 Å². The summed E-state index contributed by atoms with van der Waals surface area (Å²) in [7, 11) is -2.99. The summed E-state index contributed by atoms with van der Waals surface area (Å²) in [5.74, 6) is -1.09. The van der Waals surface area contributed by atoms with E-state index >= 15 is 0 Å². The molecule has 2 amide bonds. The van der Waals surface area contributed by atoms with Crippen LogP contribution in [-0.2, 0) is 33.0 Å². The molecule has 260 valence electrons. The minimum absolute atomic E-state index is 0.0718. The normalized spacial score (nSPS) is 23.7. The molecule has 0 aliphatic carbocycles. The summed E-state index contributed by atoms with van der Waals surface area (Å²) in [5.41, 5.74) is 2.04. The number of aliphatic hydroxyl groups is 1. The monoisotopic (exact) mass is 696 g/mol. The number of anilines is 2. The van der Waals surface area contributed by atoms with Gasteiger partial charge in [-0.25, -0.2) is 0 Å². The zero-order valence-corrected chi connectivity index (χ0v) is 29.2. The molecular weight excluding hydrogens is 657 g/mol. The number of non-ortho nitro benzene ring substituents is 1. The van der Waals surface area contributed by atoms with E-state index in [0.717, 1.165) is 16.8 Å². The molecule has 0 saturated carbocycles. The number of amides is 2. The molecule has 1 unspecified atom stereocenters. The van der Waals surface area contributed by atoms with Gasteiger partial charge in [0.2, 0.25) is 5.91 Å². The highest BCUT2D eigenvalue weighted by atomic mass is 28.4. The summed E-state index contributed by atoms with van der Waals surface area (Å²) in [6.07, 6.45) is 2.17. The van der Waals surface area contributed by atoms with E-state index in [1.807, 2.05) is 74.6 Å². The third-order valence-electron chi connectivity index (χ3n) is 10.6. The number of benzene rings is 3. The zero-order valence-electron chi connectivity index (χ0n) is 28.2. The van der Waals surface area contributed by atoms with E-state index in [2.05, 4.69) is 10.3 Å². The number of nitro groups is 1. The molecule has 3 aliphatic heterocycles. The summed E-state index contributed by atoms with van der Waals surface area (Å²) in [6, 6.07) is 21.5. The number of aromatic nitrogens is 3. The second-order valence-electron chi connectivity index (χ2n) is 14.0. The molecule has 4 heterocycles. The van der Waals surface area contributed by atoms with E-state index in [9.17, 15) is 29.6 Å². The Bertz CT molecular complexity index is 1930. The number of hydrogen-bond acceptors (Lipinski definition) is 9. The van der Waals surface area contributed by atoms with E-state index < -0.39 is 30.9 Å². The number of aliphatic hydroxyl groups excluding tert-OH is 1. The molecule has 0 bridgehead atoms. The third-order valence-corrected chi connectivity index (χ3v) is 13.1. The quantitative estimate of drug-likeness (QED) is 0.0996. The van der Waals surface area contributed by atoms with Crippen molar-refractivity contribution >= 4 is 37.2 Å². The maximum atomic E-state index is 14.8. The van der Waals surface area contributed by atoms with Crippen molar-refractivity contribution in [3.8, 4) is 0 Å².